The third-order valence-electron chi connectivity index (χ3n) is 4.37. The van der Waals surface area contributed by atoms with Crippen molar-refractivity contribution in [1.29, 1.82) is 0 Å². The van der Waals surface area contributed by atoms with Gasteiger partial charge < -0.3 is 10.2 Å². The zero-order chi connectivity index (χ0) is 20.9. The Morgan fingerprint density at radius 1 is 1.19 bits per heavy atom. The van der Waals surface area contributed by atoms with Crippen molar-refractivity contribution in [3.05, 3.63) is 24.4 Å². The highest BCUT2D eigenvalue weighted by Gasteiger charge is 2.14. The van der Waals surface area contributed by atoms with E-state index in [1.54, 1.807) is 0 Å². The first-order valence-corrected chi connectivity index (χ1v) is 10.5. The molecule has 0 aliphatic carbocycles. The predicted molar refractivity (Wildman–Crippen MR) is 123 cm³/mol. The molecule has 0 bridgehead atoms. The number of allylic oxidation sites excluding steroid dienone is 2. The van der Waals surface area contributed by atoms with Gasteiger partial charge in [0.15, 0.2) is 0 Å². The van der Waals surface area contributed by atoms with Gasteiger partial charge in [0.05, 0.1) is 13.1 Å². The molecule has 0 aromatic rings. The highest BCUT2D eigenvalue weighted by Crippen LogP contribution is 2.10. The average Bonchev–Trinajstić information content (AvgIpc) is 2.99. The van der Waals surface area contributed by atoms with E-state index in [-0.39, 0.29) is 0 Å². The molecule has 4 heteroatoms. The lowest BCUT2D eigenvalue weighted by molar-refractivity contribution is 0.311. The number of nitrogens with zero attached hydrogens (tertiary/aromatic N) is 3. The van der Waals surface area contributed by atoms with E-state index in [2.05, 4.69) is 60.7 Å². The van der Waals surface area contributed by atoms with E-state index >= 15 is 0 Å². The number of hydrogen-bond donors (Lipinski definition) is 1. The van der Waals surface area contributed by atoms with Crippen molar-refractivity contribution in [3.63, 3.8) is 0 Å². The molecule has 27 heavy (non-hydrogen) atoms. The molecular formula is C23H44N4. The van der Waals surface area contributed by atoms with Crippen LogP contribution in [0.15, 0.2) is 29.4 Å². The number of terminal acetylenes is 1. The molecule has 0 amide bonds. The van der Waals surface area contributed by atoms with Gasteiger partial charge in [0, 0.05) is 25.8 Å². The molecular weight excluding hydrogens is 332 g/mol. The molecule has 0 saturated carbocycles. The third-order valence-corrected chi connectivity index (χ3v) is 4.37. The smallest absolute Gasteiger partial charge is 0.113 e. The summed E-state index contributed by atoms with van der Waals surface area (Å²) in [4.78, 5) is 9.68. The number of nitrogens with one attached hydrogen (secondary N) is 1. The Bertz CT molecular complexity index is 415. The Morgan fingerprint density at radius 3 is 2.30 bits per heavy atom. The van der Waals surface area contributed by atoms with Crippen molar-refractivity contribution in [2.45, 2.75) is 59.8 Å². The van der Waals surface area contributed by atoms with E-state index in [4.69, 9.17) is 4.99 Å². The Kier molecular flexibility index (Phi) is 21.0. The molecule has 1 aliphatic heterocycles. The quantitative estimate of drug-likeness (QED) is 0.277. The molecule has 0 unspecified atom stereocenters. The van der Waals surface area contributed by atoms with E-state index in [0.29, 0.717) is 0 Å². The van der Waals surface area contributed by atoms with E-state index in [9.17, 15) is 0 Å². The molecule has 1 rings (SSSR count). The molecule has 0 spiro atoms. The van der Waals surface area contributed by atoms with Gasteiger partial charge in [-0.1, -0.05) is 52.3 Å². The molecule has 0 radical (unpaired) electrons. The number of likely N-dealkylation sites (N-methyl/N-ethyl adjacent to an activating group) is 1. The normalized spacial score (nSPS) is 15.0. The summed E-state index contributed by atoms with van der Waals surface area (Å²) < 4.78 is 0. The van der Waals surface area contributed by atoms with Crippen LogP contribution in [-0.4, -0.2) is 62.0 Å². The molecule has 1 heterocycles. The van der Waals surface area contributed by atoms with Crippen LogP contribution in [0.25, 0.3) is 0 Å². The van der Waals surface area contributed by atoms with Crippen molar-refractivity contribution >= 4 is 5.84 Å². The van der Waals surface area contributed by atoms with Crippen LogP contribution in [0.2, 0.25) is 0 Å². The lowest BCUT2D eigenvalue weighted by Gasteiger charge is -2.27. The van der Waals surface area contributed by atoms with Crippen LogP contribution in [0.5, 0.6) is 0 Å². The fourth-order valence-electron chi connectivity index (χ4n) is 2.70. The summed E-state index contributed by atoms with van der Waals surface area (Å²) in [6.07, 6.45) is 18.6. The summed E-state index contributed by atoms with van der Waals surface area (Å²) in [6, 6.07) is 0. The van der Waals surface area contributed by atoms with Crippen LogP contribution in [0.3, 0.4) is 0 Å². The molecule has 1 aliphatic rings. The minimum Gasteiger partial charge on any atom is -0.387 e. The van der Waals surface area contributed by atoms with Gasteiger partial charge in [-0.2, -0.15) is 0 Å². The highest BCUT2D eigenvalue weighted by molar-refractivity contribution is 5.84. The summed E-state index contributed by atoms with van der Waals surface area (Å²) in [5.74, 6) is 1.20. The number of amidine groups is 1. The molecule has 1 N–H and O–H groups in total. The van der Waals surface area contributed by atoms with Crippen LogP contribution in [0.1, 0.15) is 59.8 Å². The minimum absolute atomic E-state index is 0.777. The first-order valence-electron chi connectivity index (χ1n) is 10.5. The number of rotatable bonds is 9. The van der Waals surface area contributed by atoms with Crippen LogP contribution < -0.4 is 5.32 Å². The Hall–Kier alpha value is -1.73. The number of aliphatic imine (C=N–C) groups is 1. The summed E-state index contributed by atoms with van der Waals surface area (Å²) in [5.41, 5.74) is 1.11. The second-order valence-corrected chi connectivity index (χ2v) is 6.32. The van der Waals surface area contributed by atoms with Crippen molar-refractivity contribution < 1.29 is 0 Å². The Balaban J connectivity index is 0. The molecule has 0 aromatic heterocycles. The number of likely N-dealkylation sites (tertiary alicyclic amines) is 1. The topological polar surface area (TPSA) is 30.9 Å². The van der Waals surface area contributed by atoms with Gasteiger partial charge in [-0.05, 0) is 39.3 Å². The van der Waals surface area contributed by atoms with Gasteiger partial charge in [-0.15, -0.1) is 12.8 Å². The molecule has 0 aromatic carbocycles. The van der Waals surface area contributed by atoms with Gasteiger partial charge in [-0.3, -0.25) is 9.89 Å². The second kappa shape index (κ2) is 20.6. The fraction of sp³-hybridized carbons (Fsp3) is 0.696. The van der Waals surface area contributed by atoms with Crippen molar-refractivity contribution in [2.75, 3.05) is 46.3 Å². The SMILES string of the molecule is C#C.C=C(CC)NCCN(C)C(CN1CCCCCC1)=NC/C=C\C.CC. The Labute approximate surface area is 169 Å². The largest absolute Gasteiger partial charge is 0.387 e. The minimum atomic E-state index is 0.777. The molecule has 0 atom stereocenters. The monoisotopic (exact) mass is 376 g/mol. The summed E-state index contributed by atoms with van der Waals surface area (Å²) >= 11 is 0. The van der Waals surface area contributed by atoms with E-state index < -0.39 is 0 Å². The van der Waals surface area contributed by atoms with Crippen LogP contribution >= 0.6 is 0 Å². The first-order chi connectivity index (χ1) is 13.2. The zero-order valence-electron chi connectivity index (χ0n) is 18.6. The second-order valence-electron chi connectivity index (χ2n) is 6.32. The zero-order valence-corrected chi connectivity index (χ0v) is 18.6. The van der Waals surface area contributed by atoms with Gasteiger partial charge in [0.25, 0.3) is 0 Å². The van der Waals surface area contributed by atoms with Gasteiger partial charge in [-0.25, -0.2) is 0 Å². The van der Waals surface area contributed by atoms with Crippen LogP contribution in [0.4, 0.5) is 0 Å². The van der Waals surface area contributed by atoms with E-state index in [0.717, 1.165) is 38.3 Å². The van der Waals surface area contributed by atoms with Crippen molar-refractivity contribution in [2.24, 2.45) is 4.99 Å². The van der Waals surface area contributed by atoms with Gasteiger partial charge >= 0.3 is 0 Å². The third kappa shape index (κ3) is 15.1. The van der Waals surface area contributed by atoms with Crippen LogP contribution in [0, 0.1) is 12.8 Å². The van der Waals surface area contributed by atoms with Crippen molar-refractivity contribution in [1.82, 2.24) is 15.1 Å². The van der Waals surface area contributed by atoms with Crippen molar-refractivity contribution in [3.8, 4) is 12.8 Å². The summed E-state index contributed by atoms with van der Waals surface area (Å²) in [7, 11) is 2.16. The highest BCUT2D eigenvalue weighted by atomic mass is 15.2. The maximum atomic E-state index is 4.82. The first kappa shape index (κ1) is 27.5. The van der Waals surface area contributed by atoms with E-state index in [1.807, 2.05) is 20.8 Å². The Morgan fingerprint density at radius 2 is 1.78 bits per heavy atom. The summed E-state index contributed by atoms with van der Waals surface area (Å²) in [6.45, 7) is 18.2. The molecule has 1 fully saturated rings. The maximum Gasteiger partial charge on any atom is 0.113 e. The maximum absolute atomic E-state index is 4.82. The fourth-order valence-corrected chi connectivity index (χ4v) is 2.70. The molecule has 4 nitrogen and oxygen atoms in total. The molecule has 156 valence electrons. The average molecular weight is 377 g/mol. The van der Waals surface area contributed by atoms with Crippen LogP contribution in [-0.2, 0) is 0 Å². The lowest BCUT2D eigenvalue weighted by Crippen LogP contribution is -2.41. The number of hydrogen-bond acceptors (Lipinski definition) is 3. The van der Waals surface area contributed by atoms with E-state index in [1.165, 1.54) is 44.6 Å². The predicted octanol–water partition coefficient (Wildman–Crippen LogP) is 4.56. The van der Waals surface area contributed by atoms with Gasteiger partial charge in [0.2, 0.25) is 0 Å². The van der Waals surface area contributed by atoms with Gasteiger partial charge in [0.1, 0.15) is 5.84 Å². The summed E-state index contributed by atoms with van der Waals surface area (Å²) in [5, 5.41) is 3.38. The molecule has 1 saturated heterocycles. The lowest BCUT2D eigenvalue weighted by atomic mass is 10.2. The standard InChI is InChI=1S/C19H36N4.C2H6.C2H2/c1-5-7-12-21-19(17-23-14-10-8-9-11-15-23)22(4)16-13-20-18(3)6-2;2*1-2/h5,7,20H,3,6,8-17H2,1-2,4H3;1-2H3;1-2H/b7-5-,21-19?;;.